The van der Waals surface area contributed by atoms with Crippen LogP contribution in [0.3, 0.4) is 0 Å². The average Bonchev–Trinajstić information content (AvgIpc) is 3.35. The Labute approximate surface area is 163 Å². The minimum absolute atomic E-state index is 0.0721. The fourth-order valence-corrected chi connectivity index (χ4v) is 4.55. The molecule has 2 aliphatic rings. The standard InChI is InChI=1S/C23H22FN3O/c24-19-10-5-4-9-18(19)14-25-15-21-22(16-25)27(13-17-7-2-1-3-8-17)23(28)20-11-6-12-26(20)21/h1-12,21-22H,13-16H2/t21-,22-/m0/s1. The summed E-state index contributed by atoms with van der Waals surface area (Å²) < 4.78 is 16.2. The first-order chi connectivity index (χ1) is 13.7. The molecular weight excluding hydrogens is 353 g/mol. The molecule has 1 saturated heterocycles. The summed E-state index contributed by atoms with van der Waals surface area (Å²) in [6.45, 7) is 2.71. The number of aromatic nitrogens is 1. The fraction of sp³-hybridized carbons (Fsp3) is 0.261. The van der Waals surface area contributed by atoms with Crippen molar-refractivity contribution < 1.29 is 9.18 Å². The molecule has 2 aromatic carbocycles. The lowest BCUT2D eigenvalue weighted by Gasteiger charge is -2.38. The van der Waals surface area contributed by atoms with Crippen molar-refractivity contribution in [3.63, 3.8) is 0 Å². The van der Waals surface area contributed by atoms with Gasteiger partial charge in [-0.3, -0.25) is 9.69 Å². The summed E-state index contributed by atoms with van der Waals surface area (Å²) in [4.78, 5) is 17.4. The molecule has 0 saturated carbocycles. The molecule has 3 aromatic rings. The lowest BCUT2D eigenvalue weighted by atomic mass is 10.0. The molecule has 2 atom stereocenters. The Bertz CT molecular complexity index is 1000. The van der Waals surface area contributed by atoms with Crippen molar-refractivity contribution >= 4 is 5.91 Å². The van der Waals surface area contributed by atoms with Gasteiger partial charge in [0.25, 0.3) is 5.91 Å². The molecule has 0 spiro atoms. The van der Waals surface area contributed by atoms with Gasteiger partial charge in [-0.1, -0.05) is 48.5 Å². The highest BCUT2D eigenvalue weighted by atomic mass is 19.1. The van der Waals surface area contributed by atoms with Crippen LogP contribution in [0.15, 0.2) is 72.9 Å². The molecule has 5 rings (SSSR count). The summed E-state index contributed by atoms with van der Waals surface area (Å²) in [5, 5.41) is 0. The summed E-state index contributed by atoms with van der Waals surface area (Å²) in [6, 6.07) is 21.2. The second-order valence-corrected chi connectivity index (χ2v) is 7.64. The summed E-state index contributed by atoms with van der Waals surface area (Å²) in [7, 11) is 0. The first-order valence-corrected chi connectivity index (χ1v) is 9.68. The van der Waals surface area contributed by atoms with Crippen LogP contribution in [0.25, 0.3) is 0 Å². The molecule has 1 amide bonds. The third kappa shape index (κ3) is 2.92. The van der Waals surface area contributed by atoms with E-state index < -0.39 is 0 Å². The van der Waals surface area contributed by atoms with E-state index in [1.54, 1.807) is 6.07 Å². The van der Waals surface area contributed by atoms with Crippen molar-refractivity contribution in [3.05, 3.63) is 95.6 Å². The summed E-state index contributed by atoms with van der Waals surface area (Å²) >= 11 is 0. The molecule has 0 unspecified atom stereocenters. The molecule has 0 bridgehead atoms. The van der Waals surface area contributed by atoms with Crippen LogP contribution < -0.4 is 0 Å². The topological polar surface area (TPSA) is 28.5 Å². The fourth-order valence-electron chi connectivity index (χ4n) is 4.55. The zero-order valence-electron chi connectivity index (χ0n) is 15.5. The highest BCUT2D eigenvalue weighted by Gasteiger charge is 2.44. The quantitative estimate of drug-likeness (QED) is 0.696. The van der Waals surface area contributed by atoms with Gasteiger partial charge in [-0.2, -0.15) is 0 Å². The van der Waals surface area contributed by atoms with E-state index in [1.807, 2.05) is 53.6 Å². The number of benzene rings is 2. The Kier molecular flexibility index (Phi) is 4.24. The molecule has 142 valence electrons. The van der Waals surface area contributed by atoms with Crippen LogP contribution in [0.4, 0.5) is 4.39 Å². The van der Waals surface area contributed by atoms with Gasteiger partial charge in [0.2, 0.25) is 0 Å². The number of nitrogens with zero attached hydrogens (tertiary/aromatic N) is 3. The maximum Gasteiger partial charge on any atom is 0.271 e. The molecular formula is C23H22FN3O. The van der Waals surface area contributed by atoms with E-state index in [4.69, 9.17) is 0 Å². The monoisotopic (exact) mass is 375 g/mol. The van der Waals surface area contributed by atoms with Crippen LogP contribution in [0.5, 0.6) is 0 Å². The Morgan fingerprint density at radius 2 is 1.61 bits per heavy atom. The van der Waals surface area contributed by atoms with E-state index in [0.29, 0.717) is 18.7 Å². The lowest BCUT2D eigenvalue weighted by molar-refractivity contribution is 0.0556. The van der Waals surface area contributed by atoms with E-state index in [2.05, 4.69) is 21.6 Å². The number of fused-ring (bicyclic) bond motifs is 3. The molecule has 4 nitrogen and oxygen atoms in total. The van der Waals surface area contributed by atoms with Gasteiger partial charge < -0.3 is 9.47 Å². The third-order valence-corrected chi connectivity index (χ3v) is 5.90. The van der Waals surface area contributed by atoms with Crippen molar-refractivity contribution in [2.45, 2.75) is 25.2 Å². The Morgan fingerprint density at radius 1 is 0.857 bits per heavy atom. The molecule has 0 radical (unpaired) electrons. The maximum absolute atomic E-state index is 14.1. The highest BCUT2D eigenvalue weighted by Crippen LogP contribution is 2.35. The number of likely N-dealkylation sites (tertiary alicyclic amines) is 1. The molecule has 1 fully saturated rings. The first-order valence-electron chi connectivity index (χ1n) is 9.68. The SMILES string of the molecule is O=C1c2cccn2[C@H]2CN(Cc3ccccc3F)C[C@@H]2N1Cc1ccccc1. The van der Waals surface area contributed by atoms with Gasteiger partial charge in [-0.25, -0.2) is 4.39 Å². The van der Waals surface area contributed by atoms with Gasteiger partial charge in [-0.05, 0) is 23.8 Å². The van der Waals surface area contributed by atoms with Crippen LogP contribution in [-0.4, -0.2) is 39.4 Å². The number of hydrogen-bond donors (Lipinski definition) is 0. The molecule has 5 heteroatoms. The van der Waals surface area contributed by atoms with Gasteiger partial charge in [0.15, 0.2) is 0 Å². The van der Waals surface area contributed by atoms with Crippen LogP contribution in [0.1, 0.15) is 27.7 Å². The molecule has 28 heavy (non-hydrogen) atoms. The van der Waals surface area contributed by atoms with Crippen LogP contribution >= 0.6 is 0 Å². The predicted octanol–water partition coefficient (Wildman–Crippen LogP) is 3.71. The zero-order valence-corrected chi connectivity index (χ0v) is 15.5. The number of carbonyl (C=O) groups is 1. The van der Waals surface area contributed by atoms with Crippen molar-refractivity contribution in [1.29, 1.82) is 0 Å². The van der Waals surface area contributed by atoms with Gasteiger partial charge in [0.1, 0.15) is 11.5 Å². The van der Waals surface area contributed by atoms with Crippen molar-refractivity contribution in [3.8, 4) is 0 Å². The number of rotatable bonds is 4. The Balaban J connectivity index is 1.44. The third-order valence-electron chi connectivity index (χ3n) is 5.90. The average molecular weight is 375 g/mol. The van der Waals surface area contributed by atoms with Gasteiger partial charge in [-0.15, -0.1) is 0 Å². The summed E-state index contributed by atoms with van der Waals surface area (Å²) in [6.07, 6.45) is 2.00. The zero-order chi connectivity index (χ0) is 19.1. The van der Waals surface area contributed by atoms with Crippen LogP contribution in [-0.2, 0) is 13.1 Å². The van der Waals surface area contributed by atoms with E-state index >= 15 is 0 Å². The van der Waals surface area contributed by atoms with E-state index in [1.165, 1.54) is 6.07 Å². The normalized spacial score (nSPS) is 21.6. The van der Waals surface area contributed by atoms with Gasteiger partial charge in [0.05, 0.1) is 12.1 Å². The highest BCUT2D eigenvalue weighted by molar-refractivity contribution is 5.94. The predicted molar refractivity (Wildman–Crippen MR) is 105 cm³/mol. The number of halogens is 1. The van der Waals surface area contributed by atoms with E-state index in [9.17, 15) is 9.18 Å². The number of hydrogen-bond acceptors (Lipinski definition) is 2. The van der Waals surface area contributed by atoms with Crippen molar-refractivity contribution in [2.75, 3.05) is 13.1 Å². The van der Waals surface area contributed by atoms with Gasteiger partial charge in [0, 0.05) is 37.9 Å². The smallest absolute Gasteiger partial charge is 0.271 e. The van der Waals surface area contributed by atoms with Crippen LogP contribution in [0.2, 0.25) is 0 Å². The number of carbonyl (C=O) groups excluding carboxylic acids is 1. The van der Waals surface area contributed by atoms with Crippen molar-refractivity contribution in [2.24, 2.45) is 0 Å². The Hall–Kier alpha value is -2.92. The Morgan fingerprint density at radius 3 is 2.43 bits per heavy atom. The van der Waals surface area contributed by atoms with Gasteiger partial charge >= 0.3 is 0 Å². The van der Waals surface area contributed by atoms with E-state index in [-0.39, 0.29) is 23.8 Å². The van der Waals surface area contributed by atoms with Crippen molar-refractivity contribution in [1.82, 2.24) is 14.4 Å². The largest absolute Gasteiger partial charge is 0.337 e. The summed E-state index contributed by atoms with van der Waals surface area (Å²) in [5.74, 6) is -0.0981. The van der Waals surface area contributed by atoms with Crippen LogP contribution in [0, 0.1) is 5.82 Å². The molecule has 3 heterocycles. The molecule has 0 aliphatic carbocycles. The second kappa shape index (κ2) is 6.91. The number of amides is 1. The first kappa shape index (κ1) is 17.2. The minimum Gasteiger partial charge on any atom is -0.337 e. The lowest BCUT2D eigenvalue weighted by Crippen LogP contribution is -2.49. The molecule has 1 aromatic heterocycles. The van der Waals surface area contributed by atoms with E-state index in [0.717, 1.165) is 24.3 Å². The minimum atomic E-state index is -0.170. The second-order valence-electron chi connectivity index (χ2n) is 7.64. The maximum atomic E-state index is 14.1. The molecule has 0 N–H and O–H groups in total. The molecule has 2 aliphatic heterocycles. The summed E-state index contributed by atoms with van der Waals surface area (Å²) in [5.41, 5.74) is 2.57.